The molecule has 0 aliphatic heterocycles. The van der Waals surface area contributed by atoms with Crippen LogP contribution in [0.3, 0.4) is 0 Å². The molecule has 0 atom stereocenters. The van der Waals surface area contributed by atoms with Crippen molar-refractivity contribution in [3.63, 3.8) is 0 Å². The van der Waals surface area contributed by atoms with Crippen LogP contribution in [-0.4, -0.2) is 25.5 Å². The maximum atomic E-state index is 11.1. The molecule has 6 nitrogen and oxygen atoms in total. The highest BCUT2D eigenvalue weighted by atomic mass is 32.2. The third kappa shape index (κ3) is 4.88. The highest BCUT2D eigenvalue weighted by Gasteiger charge is 2.10. The molecule has 1 aromatic rings. The van der Waals surface area contributed by atoms with Crippen LogP contribution < -0.4 is 9.84 Å². The number of carbonyl (C=O) groups is 1. The average Bonchev–Trinajstić information content (AvgIpc) is 2.32. The minimum atomic E-state index is -4.64. The number of hydrogen-bond acceptors (Lipinski definition) is 6. The Balaban J connectivity index is 3.07. The topological polar surface area (TPSA) is 107 Å². The van der Waals surface area contributed by atoms with E-state index in [1.54, 1.807) is 0 Å². The summed E-state index contributed by atoms with van der Waals surface area (Å²) < 4.78 is 38.5. The van der Waals surface area contributed by atoms with E-state index < -0.39 is 21.0 Å². The van der Waals surface area contributed by atoms with Gasteiger partial charge in [0.15, 0.2) is 0 Å². The summed E-state index contributed by atoms with van der Waals surface area (Å²) in [4.78, 5) is 10.0. The summed E-state index contributed by atoms with van der Waals surface area (Å²) >= 11 is 0. The van der Waals surface area contributed by atoms with Crippen molar-refractivity contribution in [2.45, 2.75) is 31.1 Å². The average molecular weight is 286 g/mol. The molecule has 0 bridgehead atoms. The van der Waals surface area contributed by atoms with E-state index >= 15 is 0 Å². The molecule has 0 fully saturated rings. The number of carboxylic acid groups (broad SMARTS) is 1. The Bertz CT molecular complexity index is 549. The number of carbonyl (C=O) groups excluding carboxylic acids is 1. The minimum Gasteiger partial charge on any atom is -0.744 e. The summed E-state index contributed by atoms with van der Waals surface area (Å²) in [6.45, 7) is 2.36. The largest absolute Gasteiger partial charge is 0.744 e. The molecule has 7 heteroatoms. The van der Waals surface area contributed by atoms with Gasteiger partial charge < -0.3 is 19.2 Å². The van der Waals surface area contributed by atoms with Gasteiger partial charge in [0.1, 0.15) is 15.9 Å². The molecule has 0 heterocycles. The summed E-state index contributed by atoms with van der Waals surface area (Å²) in [6, 6.07) is 3.89. The number of aryl methyl sites for hydroxylation is 1. The molecule has 0 saturated heterocycles. The molecule has 0 unspecified atom stereocenters. The normalized spacial score (nSPS) is 11.3. The van der Waals surface area contributed by atoms with Crippen molar-refractivity contribution in [3.05, 3.63) is 23.8 Å². The molecule has 0 aliphatic carbocycles. The van der Waals surface area contributed by atoms with E-state index in [4.69, 9.17) is 4.74 Å². The van der Waals surface area contributed by atoms with Crippen LogP contribution in [0.4, 0.5) is 0 Å². The fourth-order valence-corrected chi connectivity index (χ4v) is 2.26. The lowest BCUT2D eigenvalue weighted by Crippen LogP contribution is -2.22. The fourth-order valence-electron chi connectivity index (χ4n) is 1.54. The second-order valence-electron chi connectivity index (χ2n) is 3.94. The fraction of sp³-hybridized carbons (Fsp3) is 0.417. The van der Waals surface area contributed by atoms with Crippen molar-refractivity contribution < 1.29 is 27.6 Å². The Hall–Kier alpha value is -1.60. The second-order valence-corrected chi connectivity index (χ2v) is 5.29. The Labute approximate surface area is 111 Å². The molecule has 19 heavy (non-hydrogen) atoms. The monoisotopic (exact) mass is 286 g/mol. The summed E-state index contributed by atoms with van der Waals surface area (Å²) in [5.74, 6) is -0.906. The molecular formula is C12H14O6S-2. The molecule has 0 radical (unpaired) electrons. The van der Waals surface area contributed by atoms with Crippen LogP contribution in [-0.2, 0) is 21.3 Å². The van der Waals surface area contributed by atoms with Gasteiger partial charge in [-0.25, -0.2) is 8.42 Å². The molecule has 106 valence electrons. The first kappa shape index (κ1) is 15.5. The summed E-state index contributed by atoms with van der Waals surface area (Å²) in [5, 5.41) is 10.4. The van der Waals surface area contributed by atoms with E-state index in [0.717, 1.165) is 12.5 Å². The molecule has 0 amide bonds. The van der Waals surface area contributed by atoms with Gasteiger partial charge in [0.2, 0.25) is 0 Å². The van der Waals surface area contributed by atoms with Crippen LogP contribution in [0.2, 0.25) is 0 Å². The Morgan fingerprint density at radius 2 is 2.05 bits per heavy atom. The standard InChI is InChI=1S/C12H16O6S/c1-2-7-18-10-4-5-11(19(15,16)17)9(8-10)3-6-12(13)14/h4-5,8H,2-3,6-7H2,1H3,(H,13,14)(H,15,16,17)/p-2. The SMILES string of the molecule is CCCOc1ccc(S(=O)(=O)[O-])c(CCC(=O)[O-])c1. The third-order valence-electron chi connectivity index (χ3n) is 2.37. The van der Waals surface area contributed by atoms with Crippen LogP contribution in [0.5, 0.6) is 5.75 Å². The van der Waals surface area contributed by atoms with Crippen molar-refractivity contribution in [1.29, 1.82) is 0 Å². The lowest BCUT2D eigenvalue weighted by molar-refractivity contribution is -0.305. The lowest BCUT2D eigenvalue weighted by Gasteiger charge is -2.15. The van der Waals surface area contributed by atoms with Gasteiger partial charge in [0.05, 0.1) is 11.5 Å². The summed E-state index contributed by atoms with van der Waals surface area (Å²) in [7, 11) is -4.64. The van der Waals surface area contributed by atoms with Gasteiger partial charge >= 0.3 is 0 Å². The van der Waals surface area contributed by atoms with E-state index in [1.807, 2.05) is 6.92 Å². The van der Waals surface area contributed by atoms with E-state index in [2.05, 4.69) is 0 Å². The van der Waals surface area contributed by atoms with Crippen LogP contribution in [0, 0.1) is 0 Å². The molecule has 0 aliphatic rings. The molecule has 0 N–H and O–H groups in total. The Morgan fingerprint density at radius 3 is 2.58 bits per heavy atom. The van der Waals surface area contributed by atoms with Gasteiger partial charge in [-0.15, -0.1) is 0 Å². The van der Waals surface area contributed by atoms with E-state index in [9.17, 15) is 22.9 Å². The third-order valence-corrected chi connectivity index (χ3v) is 3.31. The van der Waals surface area contributed by atoms with Gasteiger partial charge in [0, 0.05) is 5.97 Å². The maximum absolute atomic E-state index is 11.1. The minimum absolute atomic E-state index is 0.0948. The zero-order valence-corrected chi connectivity index (χ0v) is 11.2. The summed E-state index contributed by atoms with van der Waals surface area (Å²) in [6.07, 6.45) is 0.318. The quantitative estimate of drug-likeness (QED) is 0.656. The van der Waals surface area contributed by atoms with Crippen molar-refractivity contribution in [2.75, 3.05) is 6.61 Å². The maximum Gasteiger partial charge on any atom is 0.124 e. The number of ether oxygens (including phenoxy) is 1. The van der Waals surface area contributed by atoms with E-state index in [1.165, 1.54) is 12.1 Å². The predicted molar refractivity (Wildman–Crippen MR) is 63.5 cm³/mol. The van der Waals surface area contributed by atoms with Gasteiger partial charge in [-0.05, 0) is 43.0 Å². The number of carboxylic acids is 1. The lowest BCUT2D eigenvalue weighted by atomic mass is 10.1. The second kappa shape index (κ2) is 6.53. The number of aliphatic carboxylic acids is 1. The highest BCUT2D eigenvalue weighted by molar-refractivity contribution is 7.85. The molecule has 0 spiro atoms. The Kier molecular flexibility index (Phi) is 5.31. The smallest absolute Gasteiger partial charge is 0.124 e. The van der Waals surface area contributed by atoms with Crippen molar-refractivity contribution in [3.8, 4) is 5.75 Å². The first-order valence-corrected chi connectivity index (χ1v) is 7.17. The van der Waals surface area contributed by atoms with Crippen molar-refractivity contribution >= 4 is 16.1 Å². The van der Waals surface area contributed by atoms with Crippen molar-refractivity contribution in [2.24, 2.45) is 0 Å². The molecular weight excluding hydrogens is 272 g/mol. The van der Waals surface area contributed by atoms with E-state index in [0.29, 0.717) is 12.4 Å². The van der Waals surface area contributed by atoms with Crippen molar-refractivity contribution in [1.82, 2.24) is 0 Å². The first-order chi connectivity index (χ1) is 8.84. The van der Waals surface area contributed by atoms with Gasteiger partial charge in [-0.1, -0.05) is 6.92 Å². The van der Waals surface area contributed by atoms with Gasteiger partial charge in [-0.2, -0.15) is 0 Å². The predicted octanol–water partition coefficient (Wildman–Crippen LogP) is 0.0620. The molecule has 1 aromatic carbocycles. The van der Waals surface area contributed by atoms with Gasteiger partial charge in [-0.3, -0.25) is 0 Å². The van der Waals surface area contributed by atoms with E-state index in [-0.39, 0.29) is 18.4 Å². The zero-order valence-electron chi connectivity index (χ0n) is 10.4. The number of benzene rings is 1. The molecule has 0 aromatic heterocycles. The Morgan fingerprint density at radius 1 is 1.37 bits per heavy atom. The van der Waals surface area contributed by atoms with Crippen LogP contribution in [0.25, 0.3) is 0 Å². The zero-order chi connectivity index (χ0) is 14.5. The summed E-state index contributed by atoms with van der Waals surface area (Å²) in [5.41, 5.74) is 0.132. The van der Waals surface area contributed by atoms with Crippen LogP contribution in [0.15, 0.2) is 23.1 Å². The molecule has 1 rings (SSSR count). The molecule has 0 saturated carbocycles. The number of hydrogen-bond donors (Lipinski definition) is 0. The first-order valence-electron chi connectivity index (χ1n) is 5.76. The van der Waals surface area contributed by atoms with Crippen LogP contribution in [0.1, 0.15) is 25.3 Å². The highest BCUT2D eigenvalue weighted by Crippen LogP contribution is 2.23. The number of rotatable bonds is 7. The van der Waals surface area contributed by atoms with Crippen LogP contribution >= 0.6 is 0 Å². The van der Waals surface area contributed by atoms with Gasteiger partial charge in [0.25, 0.3) is 0 Å².